The van der Waals surface area contributed by atoms with Crippen LogP contribution >= 0.6 is 0 Å². The highest BCUT2D eigenvalue weighted by Gasteiger charge is 2.26. The van der Waals surface area contributed by atoms with Gasteiger partial charge in [0.05, 0.1) is 16.6 Å². The average molecular weight is 255 g/mol. The van der Waals surface area contributed by atoms with Crippen LogP contribution in [-0.4, -0.2) is 34.8 Å². The molecule has 0 saturated carbocycles. The van der Waals surface area contributed by atoms with Gasteiger partial charge in [0, 0.05) is 11.8 Å². The fraction of sp³-hybridized carbons (Fsp3) is 0.455. The fourth-order valence-electron chi connectivity index (χ4n) is 1.63. The van der Waals surface area contributed by atoms with Crippen LogP contribution in [0.15, 0.2) is 18.2 Å². The first-order valence-corrected chi connectivity index (χ1v) is 5.52. The Labute approximate surface area is 104 Å². The van der Waals surface area contributed by atoms with Gasteiger partial charge in [-0.2, -0.15) is 0 Å². The second-order valence-corrected chi connectivity index (χ2v) is 3.98. The van der Waals surface area contributed by atoms with E-state index in [1.807, 2.05) is 0 Å². The standard InChI is InChI=1S/C11H17N3O4/c1-13-5-4-10(15)11(16)8-6-7(12)2-3-9(8)14(17)18/h2-3,6,10-11,13,15-16H,4-5,12H2,1H3. The summed E-state index contributed by atoms with van der Waals surface area (Å²) in [4.78, 5) is 10.2. The quantitative estimate of drug-likeness (QED) is 0.327. The van der Waals surface area contributed by atoms with Crippen molar-refractivity contribution in [1.29, 1.82) is 0 Å². The molecule has 7 heteroatoms. The molecule has 0 aliphatic carbocycles. The Hall–Kier alpha value is -1.70. The lowest BCUT2D eigenvalue weighted by Crippen LogP contribution is -2.24. The molecule has 5 N–H and O–H groups in total. The predicted molar refractivity (Wildman–Crippen MR) is 67.0 cm³/mol. The zero-order chi connectivity index (χ0) is 13.7. The smallest absolute Gasteiger partial charge is 0.275 e. The Morgan fingerprint density at radius 1 is 1.50 bits per heavy atom. The number of nitrogens with one attached hydrogen (secondary N) is 1. The average Bonchev–Trinajstić information content (AvgIpc) is 2.34. The van der Waals surface area contributed by atoms with E-state index in [2.05, 4.69) is 5.32 Å². The highest BCUT2D eigenvalue weighted by atomic mass is 16.6. The van der Waals surface area contributed by atoms with Gasteiger partial charge in [-0.15, -0.1) is 0 Å². The molecule has 0 radical (unpaired) electrons. The van der Waals surface area contributed by atoms with E-state index in [-0.39, 0.29) is 17.7 Å². The van der Waals surface area contributed by atoms with Crippen molar-refractivity contribution >= 4 is 11.4 Å². The number of nitrogens with two attached hydrogens (primary N) is 1. The summed E-state index contributed by atoms with van der Waals surface area (Å²) < 4.78 is 0. The van der Waals surface area contributed by atoms with Crippen molar-refractivity contribution in [2.24, 2.45) is 0 Å². The van der Waals surface area contributed by atoms with Crippen LogP contribution in [0.1, 0.15) is 18.1 Å². The number of aliphatic hydroxyl groups is 2. The molecule has 0 aromatic heterocycles. The van der Waals surface area contributed by atoms with Crippen LogP contribution in [0.5, 0.6) is 0 Å². The molecule has 1 aromatic rings. The number of nitrogen functional groups attached to an aromatic ring is 1. The molecule has 0 amide bonds. The maximum atomic E-state index is 10.8. The Balaban J connectivity index is 2.99. The Bertz CT molecular complexity index is 425. The summed E-state index contributed by atoms with van der Waals surface area (Å²) in [6, 6.07) is 3.92. The minimum atomic E-state index is -1.33. The maximum absolute atomic E-state index is 10.8. The van der Waals surface area contributed by atoms with Gasteiger partial charge in [0.15, 0.2) is 0 Å². The number of hydrogen-bond acceptors (Lipinski definition) is 6. The molecule has 0 heterocycles. The number of nitro groups is 1. The number of nitrogens with zero attached hydrogens (tertiary/aromatic N) is 1. The number of aliphatic hydroxyl groups excluding tert-OH is 2. The maximum Gasteiger partial charge on any atom is 0.275 e. The minimum Gasteiger partial charge on any atom is -0.399 e. The van der Waals surface area contributed by atoms with E-state index in [1.165, 1.54) is 18.2 Å². The zero-order valence-corrected chi connectivity index (χ0v) is 10.0. The van der Waals surface area contributed by atoms with Crippen LogP contribution in [0.25, 0.3) is 0 Å². The van der Waals surface area contributed by atoms with Crippen molar-refractivity contribution in [2.45, 2.75) is 18.6 Å². The van der Waals surface area contributed by atoms with Gasteiger partial charge in [0.25, 0.3) is 5.69 Å². The third-order valence-electron chi connectivity index (χ3n) is 2.62. The monoisotopic (exact) mass is 255 g/mol. The first-order valence-electron chi connectivity index (χ1n) is 5.52. The Morgan fingerprint density at radius 3 is 2.72 bits per heavy atom. The molecule has 1 rings (SSSR count). The molecule has 2 unspecified atom stereocenters. The van der Waals surface area contributed by atoms with E-state index < -0.39 is 17.1 Å². The Kier molecular flexibility index (Phi) is 5.02. The summed E-state index contributed by atoms with van der Waals surface area (Å²) in [5.74, 6) is 0. The van der Waals surface area contributed by atoms with Gasteiger partial charge in [-0.25, -0.2) is 0 Å². The summed E-state index contributed by atoms with van der Waals surface area (Å²) in [7, 11) is 1.71. The molecule has 18 heavy (non-hydrogen) atoms. The molecule has 0 aliphatic rings. The van der Waals surface area contributed by atoms with Crippen LogP contribution in [0, 0.1) is 10.1 Å². The number of rotatable bonds is 6. The number of anilines is 1. The van der Waals surface area contributed by atoms with E-state index in [4.69, 9.17) is 5.73 Å². The van der Waals surface area contributed by atoms with Crippen LogP contribution in [0.3, 0.4) is 0 Å². The van der Waals surface area contributed by atoms with Crippen molar-refractivity contribution in [3.8, 4) is 0 Å². The minimum absolute atomic E-state index is 0.0311. The van der Waals surface area contributed by atoms with Gasteiger partial charge in [-0.05, 0) is 32.1 Å². The van der Waals surface area contributed by atoms with Crippen LogP contribution in [-0.2, 0) is 0 Å². The molecular weight excluding hydrogens is 238 g/mol. The largest absolute Gasteiger partial charge is 0.399 e. The summed E-state index contributed by atoms with van der Waals surface area (Å²) >= 11 is 0. The van der Waals surface area contributed by atoms with Crippen LogP contribution in [0.2, 0.25) is 0 Å². The fourth-order valence-corrected chi connectivity index (χ4v) is 1.63. The zero-order valence-electron chi connectivity index (χ0n) is 10.0. The van der Waals surface area contributed by atoms with Gasteiger partial charge >= 0.3 is 0 Å². The molecule has 0 aliphatic heterocycles. The van der Waals surface area contributed by atoms with Gasteiger partial charge < -0.3 is 21.3 Å². The first kappa shape index (κ1) is 14.4. The highest BCUT2D eigenvalue weighted by Crippen LogP contribution is 2.29. The van der Waals surface area contributed by atoms with Gasteiger partial charge in [-0.1, -0.05) is 0 Å². The first-order chi connectivity index (χ1) is 8.47. The molecule has 0 bridgehead atoms. The third kappa shape index (κ3) is 3.39. The summed E-state index contributed by atoms with van der Waals surface area (Å²) in [6.45, 7) is 0.494. The normalized spacial score (nSPS) is 14.2. The van der Waals surface area contributed by atoms with Crippen molar-refractivity contribution < 1.29 is 15.1 Å². The van der Waals surface area contributed by atoms with Gasteiger partial charge in [0.1, 0.15) is 6.10 Å². The second kappa shape index (κ2) is 6.29. The van der Waals surface area contributed by atoms with E-state index in [1.54, 1.807) is 7.05 Å². The van der Waals surface area contributed by atoms with Gasteiger partial charge in [0.2, 0.25) is 0 Å². The van der Waals surface area contributed by atoms with Crippen molar-refractivity contribution in [3.05, 3.63) is 33.9 Å². The lowest BCUT2D eigenvalue weighted by molar-refractivity contribution is -0.386. The molecule has 2 atom stereocenters. The van der Waals surface area contributed by atoms with Gasteiger partial charge in [-0.3, -0.25) is 10.1 Å². The predicted octanol–water partition coefficient (Wildman–Crippen LogP) is 0.181. The Morgan fingerprint density at radius 2 is 2.17 bits per heavy atom. The lowest BCUT2D eigenvalue weighted by atomic mass is 10.00. The van der Waals surface area contributed by atoms with Crippen molar-refractivity contribution in [3.63, 3.8) is 0 Å². The van der Waals surface area contributed by atoms with Crippen molar-refractivity contribution in [1.82, 2.24) is 5.32 Å². The van der Waals surface area contributed by atoms with Crippen molar-refractivity contribution in [2.75, 3.05) is 19.3 Å². The molecule has 0 fully saturated rings. The third-order valence-corrected chi connectivity index (χ3v) is 2.62. The summed E-state index contributed by atoms with van der Waals surface area (Å²) in [5.41, 5.74) is 5.62. The number of benzene rings is 1. The number of nitro benzene ring substituents is 1. The molecule has 1 aromatic carbocycles. The van der Waals surface area contributed by atoms with E-state index in [0.717, 1.165) is 0 Å². The number of hydrogen-bond donors (Lipinski definition) is 4. The SMILES string of the molecule is CNCCC(O)C(O)c1cc(N)ccc1[N+](=O)[O-]. The topological polar surface area (TPSA) is 122 Å². The van der Waals surface area contributed by atoms with Crippen LogP contribution < -0.4 is 11.1 Å². The summed E-state index contributed by atoms with van der Waals surface area (Å²) in [6.07, 6.45) is -2.14. The molecule has 0 spiro atoms. The van der Waals surface area contributed by atoms with Crippen LogP contribution in [0.4, 0.5) is 11.4 Å². The lowest BCUT2D eigenvalue weighted by Gasteiger charge is -2.18. The summed E-state index contributed by atoms with van der Waals surface area (Å²) in [5, 5.41) is 33.3. The second-order valence-electron chi connectivity index (χ2n) is 3.98. The van der Waals surface area contributed by atoms with E-state index in [0.29, 0.717) is 12.2 Å². The van der Waals surface area contributed by atoms with E-state index in [9.17, 15) is 20.3 Å². The van der Waals surface area contributed by atoms with E-state index >= 15 is 0 Å². The highest BCUT2D eigenvalue weighted by molar-refractivity contribution is 5.52. The molecular formula is C11H17N3O4. The molecule has 7 nitrogen and oxygen atoms in total. The molecule has 0 saturated heterocycles. The molecule has 100 valence electrons.